The summed E-state index contributed by atoms with van der Waals surface area (Å²) >= 11 is 0. The van der Waals surface area contributed by atoms with Gasteiger partial charge in [0.15, 0.2) is 5.60 Å². The molecule has 0 heterocycles. The number of hydrogen-bond acceptors (Lipinski definition) is 2. The second-order valence-electron chi connectivity index (χ2n) is 6.22. The summed E-state index contributed by atoms with van der Waals surface area (Å²) < 4.78 is 5.16. The second kappa shape index (κ2) is 6.10. The maximum absolute atomic E-state index is 11.0. The number of benzene rings is 2. The van der Waals surface area contributed by atoms with Gasteiger partial charge in [-0.05, 0) is 36.0 Å². The molecule has 3 atom stereocenters. The van der Waals surface area contributed by atoms with Gasteiger partial charge in [0, 0.05) is 11.1 Å². The van der Waals surface area contributed by atoms with E-state index in [0.717, 1.165) is 17.2 Å². The highest BCUT2D eigenvalue weighted by Crippen LogP contribution is 2.49. The van der Waals surface area contributed by atoms with Crippen molar-refractivity contribution in [2.45, 2.75) is 31.3 Å². The first-order chi connectivity index (χ1) is 11.1. The fourth-order valence-electron chi connectivity index (χ4n) is 3.24. The number of terminal acetylenes is 1. The Morgan fingerprint density at radius 1 is 1.13 bits per heavy atom. The standard InChI is InChI=1S/C21H22O2/c1-4-15-14-20(15)16-6-8-17(9-7-16)21(22,5-2)18-10-12-19(23-3)13-11-18/h2,6-13,15,20,22H,4,14H2,1,3H3. The number of ether oxygens (including phenoxy) is 1. The third-order valence-electron chi connectivity index (χ3n) is 4.92. The molecule has 1 aliphatic rings. The summed E-state index contributed by atoms with van der Waals surface area (Å²) in [6, 6.07) is 15.3. The Kier molecular flexibility index (Phi) is 4.15. The summed E-state index contributed by atoms with van der Waals surface area (Å²) in [5, 5.41) is 11.0. The first-order valence-electron chi connectivity index (χ1n) is 8.07. The van der Waals surface area contributed by atoms with E-state index >= 15 is 0 Å². The fourth-order valence-corrected chi connectivity index (χ4v) is 3.24. The monoisotopic (exact) mass is 306 g/mol. The molecule has 0 bridgehead atoms. The molecular weight excluding hydrogens is 284 g/mol. The quantitative estimate of drug-likeness (QED) is 0.844. The van der Waals surface area contributed by atoms with Crippen molar-refractivity contribution in [1.82, 2.24) is 0 Å². The third kappa shape index (κ3) is 2.85. The molecule has 1 fully saturated rings. The van der Waals surface area contributed by atoms with E-state index in [0.29, 0.717) is 11.5 Å². The zero-order chi connectivity index (χ0) is 16.4. The molecule has 0 saturated heterocycles. The summed E-state index contributed by atoms with van der Waals surface area (Å²) in [6.07, 6.45) is 8.16. The summed E-state index contributed by atoms with van der Waals surface area (Å²) in [5.41, 5.74) is 1.32. The Morgan fingerprint density at radius 3 is 2.13 bits per heavy atom. The molecule has 1 aliphatic carbocycles. The van der Waals surface area contributed by atoms with E-state index in [1.54, 1.807) is 19.2 Å². The minimum Gasteiger partial charge on any atom is -0.497 e. The van der Waals surface area contributed by atoms with Crippen molar-refractivity contribution < 1.29 is 9.84 Å². The lowest BCUT2D eigenvalue weighted by atomic mass is 9.86. The zero-order valence-corrected chi connectivity index (χ0v) is 13.6. The SMILES string of the molecule is C#CC(O)(c1ccc(OC)cc1)c1ccc(C2CC2CC)cc1. The van der Waals surface area contributed by atoms with Gasteiger partial charge in [-0.3, -0.25) is 0 Å². The molecule has 1 saturated carbocycles. The molecule has 0 amide bonds. The third-order valence-corrected chi connectivity index (χ3v) is 4.92. The Hall–Kier alpha value is -2.24. The normalized spacial score (nSPS) is 22.0. The van der Waals surface area contributed by atoms with Crippen molar-refractivity contribution >= 4 is 0 Å². The van der Waals surface area contributed by atoms with Crippen LogP contribution in [0.4, 0.5) is 0 Å². The predicted molar refractivity (Wildman–Crippen MR) is 92.4 cm³/mol. The van der Waals surface area contributed by atoms with E-state index in [1.165, 1.54) is 18.4 Å². The summed E-state index contributed by atoms with van der Waals surface area (Å²) in [5.74, 6) is 4.78. The van der Waals surface area contributed by atoms with Crippen molar-refractivity contribution in [3.8, 4) is 18.1 Å². The topological polar surface area (TPSA) is 29.5 Å². The first kappa shape index (κ1) is 15.6. The lowest BCUT2D eigenvalue weighted by Crippen LogP contribution is -2.25. The van der Waals surface area contributed by atoms with E-state index in [-0.39, 0.29) is 0 Å². The summed E-state index contributed by atoms with van der Waals surface area (Å²) in [6.45, 7) is 2.24. The van der Waals surface area contributed by atoms with Gasteiger partial charge in [-0.25, -0.2) is 0 Å². The molecule has 2 nitrogen and oxygen atoms in total. The molecule has 118 valence electrons. The van der Waals surface area contributed by atoms with Gasteiger partial charge in [0.25, 0.3) is 0 Å². The Labute approximate surface area is 138 Å². The molecule has 0 aromatic heterocycles. The fraction of sp³-hybridized carbons (Fsp3) is 0.333. The minimum atomic E-state index is -1.42. The van der Waals surface area contributed by atoms with Crippen LogP contribution in [-0.4, -0.2) is 12.2 Å². The van der Waals surface area contributed by atoms with E-state index in [4.69, 9.17) is 11.2 Å². The molecule has 3 unspecified atom stereocenters. The molecule has 0 spiro atoms. The van der Waals surface area contributed by atoms with E-state index < -0.39 is 5.60 Å². The van der Waals surface area contributed by atoms with Crippen LogP contribution in [0.2, 0.25) is 0 Å². The van der Waals surface area contributed by atoms with E-state index in [1.807, 2.05) is 24.3 Å². The average Bonchev–Trinajstić information content (AvgIpc) is 3.41. The maximum atomic E-state index is 11.0. The highest BCUT2D eigenvalue weighted by molar-refractivity contribution is 5.46. The molecule has 2 aromatic rings. The number of methoxy groups -OCH3 is 1. The predicted octanol–water partition coefficient (Wildman–Crippen LogP) is 4.08. The number of hydrogen-bond donors (Lipinski definition) is 1. The van der Waals surface area contributed by atoms with Crippen LogP contribution in [0.15, 0.2) is 48.5 Å². The Bertz CT molecular complexity index is 709. The number of rotatable bonds is 5. The Balaban J connectivity index is 1.88. The molecule has 1 N–H and O–H groups in total. The highest BCUT2D eigenvalue weighted by atomic mass is 16.5. The van der Waals surface area contributed by atoms with Crippen molar-refractivity contribution in [2.75, 3.05) is 7.11 Å². The van der Waals surface area contributed by atoms with E-state index in [2.05, 4.69) is 25.0 Å². The van der Waals surface area contributed by atoms with Gasteiger partial charge >= 0.3 is 0 Å². The molecule has 2 aromatic carbocycles. The molecule has 2 heteroatoms. The smallest absolute Gasteiger partial charge is 0.176 e. The summed E-state index contributed by atoms with van der Waals surface area (Å²) in [7, 11) is 1.61. The van der Waals surface area contributed by atoms with Gasteiger partial charge in [0.2, 0.25) is 0 Å². The zero-order valence-electron chi connectivity index (χ0n) is 13.6. The maximum Gasteiger partial charge on any atom is 0.176 e. The van der Waals surface area contributed by atoms with Crippen molar-refractivity contribution in [2.24, 2.45) is 5.92 Å². The van der Waals surface area contributed by atoms with Crippen molar-refractivity contribution in [3.63, 3.8) is 0 Å². The molecule has 0 radical (unpaired) electrons. The van der Waals surface area contributed by atoms with Crippen LogP contribution in [0.1, 0.15) is 42.4 Å². The summed E-state index contributed by atoms with van der Waals surface area (Å²) in [4.78, 5) is 0. The Morgan fingerprint density at radius 2 is 1.70 bits per heavy atom. The molecule has 3 rings (SSSR count). The van der Waals surface area contributed by atoms with Gasteiger partial charge in [0.05, 0.1) is 7.11 Å². The van der Waals surface area contributed by atoms with Gasteiger partial charge in [-0.15, -0.1) is 6.42 Å². The van der Waals surface area contributed by atoms with Crippen LogP contribution in [0.3, 0.4) is 0 Å². The van der Waals surface area contributed by atoms with Crippen LogP contribution in [-0.2, 0) is 5.60 Å². The van der Waals surface area contributed by atoms with Crippen LogP contribution in [0.5, 0.6) is 5.75 Å². The molecule has 23 heavy (non-hydrogen) atoms. The largest absolute Gasteiger partial charge is 0.497 e. The van der Waals surface area contributed by atoms with Gasteiger partial charge in [-0.2, -0.15) is 0 Å². The number of aliphatic hydroxyl groups is 1. The van der Waals surface area contributed by atoms with Crippen LogP contribution < -0.4 is 4.74 Å². The highest BCUT2D eigenvalue weighted by Gasteiger charge is 2.37. The second-order valence-corrected chi connectivity index (χ2v) is 6.22. The molecule has 0 aliphatic heterocycles. The molecular formula is C21H22O2. The average molecular weight is 306 g/mol. The van der Waals surface area contributed by atoms with Gasteiger partial charge in [-0.1, -0.05) is 55.7 Å². The van der Waals surface area contributed by atoms with Gasteiger partial charge < -0.3 is 9.84 Å². The van der Waals surface area contributed by atoms with Crippen molar-refractivity contribution in [3.05, 3.63) is 65.2 Å². The van der Waals surface area contributed by atoms with Crippen molar-refractivity contribution in [1.29, 1.82) is 0 Å². The van der Waals surface area contributed by atoms with Crippen LogP contribution in [0.25, 0.3) is 0 Å². The lowest BCUT2D eigenvalue weighted by molar-refractivity contribution is 0.145. The van der Waals surface area contributed by atoms with Crippen LogP contribution >= 0.6 is 0 Å². The lowest BCUT2D eigenvalue weighted by Gasteiger charge is -2.24. The minimum absolute atomic E-state index is 0.673. The first-order valence-corrected chi connectivity index (χ1v) is 8.07. The van der Waals surface area contributed by atoms with E-state index in [9.17, 15) is 5.11 Å². The van der Waals surface area contributed by atoms with Crippen LogP contribution in [0, 0.1) is 18.3 Å². The van der Waals surface area contributed by atoms with Gasteiger partial charge in [0.1, 0.15) is 5.75 Å².